The van der Waals surface area contributed by atoms with Gasteiger partial charge in [-0.1, -0.05) is 54.6 Å². The third-order valence-corrected chi connectivity index (χ3v) is 4.20. The van der Waals surface area contributed by atoms with Gasteiger partial charge in [0.15, 0.2) is 17.3 Å². The van der Waals surface area contributed by atoms with Gasteiger partial charge < -0.3 is 14.2 Å². The lowest BCUT2D eigenvalue weighted by Gasteiger charge is -2.11. The number of hydrogen-bond acceptors (Lipinski definition) is 5. The van der Waals surface area contributed by atoms with Crippen molar-refractivity contribution in [1.82, 2.24) is 0 Å². The van der Waals surface area contributed by atoms with Crippen LogP contribution in [0.5, 0.6) is 17.2 Å². The number of rotatable bonds is 7. The Morgan fingerprint density at radius 3 is 2.17 bits per heavy atom. The van der Waals surface area contributed by atoms with Crippen LogP contribution in [-0.4, -0.2) is 26.0 Å². The number of hydrogen-bond donors (Lipinski definition) is 0. The van der Waals surface area contributed by atoms with Gasteiger partial charge in [-0.05, 0) is 35.9 Å². The topological polar surface area (TPSA) is 61.8 Å². The zero-order valence-electron chi connectivity index (χ0n) is 16.1. The van der Waals surface area contributed by atoms with Crippen molar-refractivity contribution in [2.75, 3.05) is 14.2 Å². The molecule has 0 N–H and O–H groups in total. The molecule has 146 valence electrons. The van der Waals surface area contributed by atoms with Crippen molar-refractivity contribution in [2.45, 2.75) is 0 Å². The molecule has 0 spiro atoms. The molecule has 0 atom stereocenters. The highest BCUT2D eigenvalue weighted by molar-refractivity contribution is 6.06. The van der Waals surface area contributed by atoms with Crippen LogP contribution in [0.2, 0.25) is 0 Å². The summed E-state index contributed by atoms with van der Waals surface area (Å²) >= 11 is 0. The summed E-state index contributed by atoms with van der Waals surface area (Å²) in [5.74, 6) is 0.424. The second-order valence-electron chi connectivity index (χ2n) is 6.06. The van der Waals surface area contributed by atoms with E-state index in [1.807, 2.05) is 18.2 Å². The second-order valence-corrected chi connectivity index (χ2v) is 6.06. The first-order valence-corrected chi connectivity index (χ1v) is 8.93. The average Bonchev–Trinajstić information content (AvgIpc) is 2.78. The Kier molecular flexibility index (Phi) is 6.43. The minimum Gasteiger partial charge on any atom is -0.496 e. The number of benzene rings is 3. The molecule has 0 aliphatic carbocycles. The normalized spacial score (nSPS) is 10.6. The van der Waals surface area contributed by atoms with Gasteiger partial charge in [0.25, 0.3) is 0 Å². The molecule has 5 nitrogen and oxygen atoms in total. The van der Waals surface area contributed by atoms with E-state index in [4.69, 9.17) is 14.2 Å². The minimum atomic E-state index is -0.553. The summed E-state index contributed by atoms with van der Waals surface area (Å²) in [5.41, 5.74) is 1.66. The Morgan fingerprint density at radius 1 is 0.759 bits per heavy atom. The average molecular weight is 388 g/mol. The molecule has 0 radical (unpaired) electrons. The maximum absolute atomic E-state index is 12.5. The molecule has 0 heterocycles. The highest BCUT2D eigenvalue weighted by Gasteiger charge is 2.16. The van der Waals surface area contributed by atoms with Gasteiger partial charge in [-0.2, -0.15) is 0 Å². The molecule has 0 saturated carbocycles. The van der Waals surface area contributed by atoms with E-state index >= 15 is 0 Å². The summed E-state index contributed by atoms with van der Waals surface area (Å²) in [6.45, 7) is 0. The third kappa shape index (κ3) is 4.90. The van der Waals surface area contributed by atoms with Gasteiger partial charge in [0.1, 0.15) is 11.3 Å². The first-order chi connectivity index (χ1) is 14.1. The summed E-state index contributed by atoms with van der Waals surface area (Å²) in [6, 6.07) is 20.9. The molecule has 0 fully saturated rings. The molecule has 0 aliphatic heterocycles. The summed E-state index contributed by atoms with van der Waals surface area (Å²) in [4.78, 5) is 24.7. The number of ether oxygens (including phenoxy) is 3. The van der Waals surface area contributed by atoms with Gasteiger partial charge in [0.05, 0.1) is 14.2 Å². The maximum Gasteiger partial charge on any atom is 0.347 e. The van der Waals surface area contributed by atoms with E-state index in [2.05, 4.69) is 0 Å². The highest BCUT2D eigenvalue weighted by Crippen LogP contribution is 2.30. The number of ketones is 1. The Labute approximate surface area is 169 Å². The monoisotopic (exact) mass is 388 g/mol. The molecule has 0 amide bonds. The van der Waals surface area contributed by atoms with Crippen LogP contribution in [0.4, 0.5) is 0 Å². The summed E-state index contributed by atoms with van der Waals surface area (Å²) < 4.78 is 16.0. The Balaban J connectivity index is 1.77. The molecular formula is C24H20O5. The number of esters is 1. The third-order valence-electron chi connectivity index (χ3n) is 4.20. The molecule has 29 heavy (non-hydrogen) atoms. The van der Waals surface area contributed by atoms with Crippen LogP contribution in [0.3, 0.4) is 0 Å². The van der Waals surface area contributed by atoms with E-state index in [1.165, 1.54) is 20.3 Å². The van der Waals surface area contributed by atoms with Gasteiger partial charge in [-0.15, -0.1) is 0 Å². The number of para-hydroxylation sites is 1. The molecule has 0 saturated heterocycles. The molecule has 5 heteroatoms. The lowest BCUT2D eigenvalue weighted by atomic mass is 10.1. The van der Waals surface area contributed by atoms with Crippen LogP contribution < -0.4 is 14.2 Å². The molecule has 0 unspecified atom stereocenters. The molecule has 3 rings (SSSR count). The van der Waals surface area contributed by atoms with Gasteiger partial charge in [-0.3, -0.25) is 4.79 Å². The zero-order valence-corrected chi connectivity index (χ0v) is 16.1. The fourth-order valence-electron chi connectivity index (χ4n) is 2.71. The predicted octanol–water partition coefficient (Wildman–Crippen LogP) is 4.82. The van der Waals surface area contributed by atoms with Gasteiger partial charge in [-0.25, -0.2) is 4.79 Å². The van der Waals surface area contributed by atoms with Crippen molar-refractivity contribution in [3.63, 3.8) is 0 Å². The Hall–Kier alpha value is -3.86. The van der Waals surface area contributed by atoms with E-state index in [-0.39, 0.29) is 11.5 Å². The first kappa shape index (κ1) is 19.9. The van der Waals surface area contributed by atoms with Crippen molar-refractivity contribution in [3.8, 4) is 17.2 Å². The quantitative estimate of drug-likeness (QED) is 0.251. The highest BCUT2D eigenvalue weighted by atomic mass is 16.6. The molecular weight excluding hydrogens is 368 g/mol. The number of carbonyl (C=O) groups excluding carboxylic acids is 2. The maximum atomic E-state index is 12.5. The van der Waals surface area contributed by atoms with E-state index < -0.39 is 5.97 Å². The minimum absolute atomic E-state index is 0.101. The summed E-state index contributed by atoms with van der Waals surface area (Å²) in [5, 5.41) is 0. The smallest absolute Gasteiger partial charge is 0.347 e. The van der Waals surface area contributed by atoms with Gasteiger partial charge in [0.2, 0.25) is 0 Å². The predicted molar refractivity (Wildman–Crippen MR) is 111 cm³/mol. The molecule has 0 aliphatic rings. The lowest BCUT2D eigenvalue weighted by molar-refractivity contribution is 0.0726. The van der Waals surface area contributed by atoms with Crippen LogP contribution >= 0.6 is 0 Å². The Bertz CT molecular complexity index is 1040. The van der Waals surface area contributed by atoms with Crippen molar-refractivity contribution in [1.29, 1.82) is 0 Å². The van der Waals surface area contributed by atoms with E-state index in [0.717, 1.165) is 5.56 Å². The van der Waals surface area contributed by atoms with Crippen LogP contribution in [0.25, 0.3) is 6.08 Å². The molecule has 3 aromatic rings. The Morgan fingerprint density at radius 2 is 1.45 bits per heavy atom. The largest absolute Gasteiger partial charge is 0.496 e. The number of carbonyl (C=O) groups is 2. The van der Waals surface area contributed by atoms with E-state index in [9.17, 15) is 9.59 Å². The molecule has 0 bridgehead atoms. The number of methoxy groups -OCH3 is 2. The SMILES string of the molecule is COc1cc(/C=C/C(=O)c2ccccc2)ccc1OC(=O)c1ccccc1OC. The van der Waals surface area contributed by atoms with Gasteiger partial charge in [0, 0.05) is 5.56 Å². The van der Waals surface area contributed by atoms with Crippen LogP contribution in [0, 0.1) is 0 Å². The van der Waals surface area contributed by atoms with E-state index in [1.54, 1.807) is 60.7 Å². The molecule has 3 aromatic carbocycles. The number of allylic oxidation sites excluding steroid dienone is 1. The van der Waals surface area contributed by atoms with Gasteiger partial charge >= 0.3 is 5.97 Å². The van der Waals surface area contributed by atoms with E-state index in [0.29, 0.717) is 22.6 Å². The summed E-state index contributed by atoms with van der Waals surface area (Å²) in [6.07, 6.45) is 3.17. The van der Waals surface area contributed by atoms with Crippen molar-refractivity contribution in [2.24, 2.45) is 0 Å². The zero-order chi connectivity index (χ0) is 20.6. The second kappa shape index (κ2) is 9.37. The fraction of sp³-hybridized carbons (Fsp3) is 0.0833. The molecule has 0 aromatic heterocycles. The van der Waals surface area contributed by atoms with Crippen molar-refractivity contribution >= 4 is 17.8 Å². The van der Waals surface area contributed by atoms with Crippen LogP contribution in [0.1, 0.15) is 26.3 Å². The lowest BCUT2D eigenvalue weighted by Crippen LogP contribution is -2.10. The van der Waals surface area contributed by atoms with Crippen molar-refractivity contribution in [3.05, 3.63) is 95.6 Å². The fourth-order valence-corrected chi connectivity index (χ4v) is 2.71. The van der Waals surface area contributed by atoms with Crippen LogP contribution in [-0.2, 0) is 0 Å². The first-order valence-electron chi connectivity index (χ1n) is 8.93. The standard InChI is InChI=1S/C24H20O5/c1-27-21-11-7-6-10-19(21)24(26)29-22-15-13-17(16-23(22)28-2)12-14-20(25)18-8-4-3-5-9-18/h3-16H,1-2H3/b14-12+. The van der Waals surface area contributed by atoms with Crippen LogP contribution in [0.15, 0.2) is 78.9 Å². The summed E-state index contributed by atoms with van der Waals surface area (Å²) in [7, 11) is 2.98. The van der Waals surface area contributed by atoms with Crippen molar-refractivity contribution < 1.29 is 23.8 Å².